The Morgan fingerprint density at radius 2 is 2.00 bits per heavy atom. The number of aromatic nitrogens is 1. The van der Waals surface area contributed by atoms with Crippen molar-refractivity contribution in [3.8, 4) is 0 Å². The van der Waals surface area contributed by atoms with Crippen LogP contribution in [0, 0.1) is 18.3 Å². The van der Waals surface area contributed by atoms with Gasteiger partial charge in [-0.05, 0) is 43.4 Å². The van der Waals surface area contributed by atoms with Crippen LogP contribution in [0.1, 0.15) is 45.4 Å². The van der Waals surface area contributed by atoms with Crippen molar-refractivity contribution >= 4 is 0 Å². The van der Waals surface area contributed by atoms with Gasteiger partial charge in [-0.15, -0.1) is 0 Å². The van der Waals surface area contributed by atoms with E-state index in [1.54, 1.807) is 0 Å². The monoisotopic (exact) mass is 248 g/mol. The standard InChI is InChI=1S/C16H28N2/c1-12-8-7-9-18-15(12)11-14(17-6)10-13(2)16(3,4)5/h7-9,13-14,17H,10-11H2,1-6H3. The van der Waals surface area contributed by atoms with Crippen LogP contribution in [0.2, 0.25) is 0 Å². The summed E-state index contributed by atoms with van der Waals surface area (Å²) >= 11 is 0. The highest BCUT2D eigenvalue weighted by Gasteiger charge is 2.23. The van der Waals surface area contributed by atoms with Crippen LogP contribution in [-0.4, -0.2) is 18.1 Å². The highest BCUT2D eigenvalue weighted by molar-refractivity contribution is 5.18. The molecule has 18 heavy (non-hydrogen) atoms. The summed E-state index contributed by atoms with van der Waals surface area (Å²) in [6.45, 7) is 11.4. The fraction of sp³-hybridized carbons (Fsp3) is 0.688. The molecule has 2 atom stereocenters. The third kappa shape index (κ3) is 4.41. The summed E-state index contributed by atoms with van der Waals surface area (Å²) in [7, 11) is 2.05. The molecule has 0 amide bonds. The molecule has 102 valence electrons. The second-order valence-corrected chi connectivity index (χ2v) is 6.46. The van der Waals surface area contributed by atoms with E-state index >= 15 is 0 Å². The Morgan fingerprint density at radius 1 is 1.33 bits per heavy atom. The lowest BCUT2D eigenvalue weighted by molar-refractivity contribution is 0.224. The van der Waals surface area contributed by atoms with Gasteiger partial charge in [0.25, 0.3) is 0 Å². The third-order valence-corrected chi connectivity index (χ3v) is 4.08. The van der Waals surface area contributed by atoms with E-state index in [2.05, 4.69) is 58.0 Å². The molecule has 0 fully saturated rings. The quantitative estimate of drug-likeness (QED) is 0.861. The van der Waals surface area contributed by atoms with Gasteiger partial charge in [-0.2, -0.15) is 0 Å². The Hall–Kier alpha value is -0.890. The van der Waals surface area contributed by atoms with Crippen LogP contribution in [0.4, 0.5) is 0 Å². The lowest BCUT2D eigenvalue weighted by Crippen LogP contribution is -2.33. The minimum Gasteiger partial charge on any atom is -0.317 e. The van der Waals surface area contributed by atoms with Crippen molar-refractivity contribution in [2.45, 2.75) is 53.5 Å². The number of hydrogen-bond donors (Lipinski definition) is 1. The predicted molar refractivity (Wildman–Crippen MR) is 78.8 cm³/mol. The Morgan fingerprint density at radius 3 is 2.50 bits per heavy atom. The second kappa shape index (κ2) is 6.33. The molecule has 0 aliphatic rings. The SMILES string of the molecule is CNC(Cc1ncccc1C)CC(C)C(C)(C)C. The van der Waals surface area contributed by atoms with Crippen LogP contribution in [-0.2, 0) is 6.42 Å². The molecular weight excluding hydrogens is 220 g/mol. The lowest BCUT2D eigenvalue weighted by atomic mass is 9.78. The molecule has 1 rings (SSSR count). The van der Waals surface area contributed by atoms with E-state index in [0.29, 0.717) is 17.4 Å². The highest BCUT2D eigenvalue weighted by atomic mass is 14.9. The molecule has 0 spiro atoms. The molecule has 0 bridgehead atoms. The van der Waals surface area contributed by atoms with Crippen LogP contribution < -0.4 is 5.32 Å². The average Bonchev–Trinajstić information content (AvgIpc) is 2.29. The Labute approximate surface area is 112 Å². The molecule has 1 heterocycles. The maximum Gasteiger partial charge on any atom is 0.0448 e. The van der Waals surface area contributed by atoms with Crippen LogP contribution in [0.15, 0.2) is 18.3 Å². The van der Waals surface area contributed by atoms with E-state index in [-0.39, 0.29) is 0 Å². The summed E-state index contributed by atoms with van der Waals surface area (Å²) in [5.41, 5.74) is 2.88. The minimum absolute atomic E-state index is 0.369. The largest absolute Gasteiger partial charge is 0.317 e. The van der Waals surface area contributed by atoms with Crippen LogP contribution in [0.5, 0.6) is 0 Å². The van der Waals surface area contributed by atoms with Gasteiger partial charge < -0.3 is 5.32 Å². The molecule has 0 radical (unpaired) electrons. The highest BCUT2D eigenvalue weighted by Crippen LogP contribution is 2.29. The zero-order valence-electron chi connectivity index (χ0n) is 12.7. The number of likely N-dealkylation sites (N-methyl/N-ethyl adjacent to an activating group) is 1. The van der Waals surface area contributed by atoms with Crippen molar-refractivity contribution in [2.75, 3.05) is 7.05 Å². The molecular formula is C16H28N2. The van der Waals surface area contributed by atoms with Crippen molar-refractivity contribution in [3.63, 3.8) is 0 Å². The summed E-state index contributed by atoms with van der Waals surface area (Å²) in [4.78, 5) is 4.50. The minimum atomic E-state index is 0.369. The summed E-state index contributed by atoms with van der Waals surface area (Å²) in [6.07, 6.45) is 4.10. The van der Waals surface area contributed by atoms with Gasteiger partial charge >= 0.3 is 0 Å². The fourth-order valence-electron chi connectivity index (χ4n) is 2.05. The topological polar surface area (TPSA) is 24.9 Å². The maximum atomic E-state index is 4.50. The Balaban J connectivity index is 2.66. The first-order valence-corrected chi connectivity index (χ1v) is 6.92. The van der Waals surface area contributed by atoms with Crippen molar-refractivity contribution in [3.05, 3.63) is 29.6 Å². The van der Waals surface area contributed by atoms with E-state index < -0.39 is 0 Å². The number of rotatable bonds is 5. The summed E-state index contributed by atoms with van der Waals surface area (Å²) in [5.74, 6) is 0.693. The molecule has 0 aliphatic heterocycles. The fourth-order valence-corrected chi connectivity index (χ4v) is 2.05. The maximum absolute atomic E-state index is 4.50. The number of nitrogens with one attached hydrogen (secondary N) is 1. The first-order chi connectivity index (χ1) is 8.34. The van der Waals surface area contributed by atoms with Gasteiger partial charge in [-0.25, -0.2) is 0 Å². The first-order valence-electron chi connectivity index (χ1n) is 6.92. The van der Waals surface area contributed by atoms with Gasteiger partial charge in [-0.1, -0.05) is 33.8 Å². The molecule has 0 saturated carbocycles. The molecule has 2 nitrogen and oxygen atoms in total. The zero-order chi connectivity index (χ0) is 13.8. The molecule has 2 heteroatoms. The Kier molecular flexibility index (Phi) is 5.33. The van der Waals surface area contributed by atoms with Gasteiger partial charge in [0.2, 0.25) is 0 Å². The molecule has 0 saturated heterocycles. The van der Waals surface area contributed by atoms with E-state index in [9.17, 15) is 0 Å². The van der Waals surface area contributed by atoms with Crippen molar-refractivity contribution in [1.29, 1.82) is 0 Å². The summed E-state index contributed by atoms with van der Waals surface area (Å²) < 4.78 is 0. The molecule has 1 aromatic heterocycles. The van der Waals surface area contributed by atoms with E-state index in [1.807, 2.05) is 12.3 Å². The van der Waals surface area contributed by atoms with Gasteiger partial charge in [0.15, 0.2) is 0 Å². The van der Waals surface area contributed by atoms with Gasteiger partial charge in [0, 0.05) is 24.4 Å². The second-order valence-electron chi connectivity index (χ2n) is 6.46. The van der Waals surface area contributed by atoms with E-state index in [4.69, 9.17) is 0 Å². The number of aryl methyl sites for hydroxylation is 1. The van der Waals surface area contributed by atoms with Crippen molar-refractivity contribution < 1.29 is 0 Å². The molecule has 1 N–H and O–H groups in total. The van der Waals surface area contributed by atoms with Gasteiger partial charge in [0.1, 0.15) is 0 Å². The summed E-state index contributed by atoms with van der Waals surface area (Å²) in [5, 5.41) is 3.44. The summed E-state index contributed by atoms with van der Waals surface area (Å²) in [6, 6.07) is 4.65. The van der Waals surface area contributed by atoms with Gasteiger partial charge in [0.05, 0.1) is 0 Å². The average molecular weight is 248 g/mol. The van der Waals surface area contributed by atoms with Crippen LogP contribution in [0.3, 0.4) is 0 Å². The number of nitrogens with zero attached hydrogens (tertiary/aromatic N) is 1. The van der Waals surface area contributed by atoms with Crippen molar-refractivity contribution in [2.24, 2.45) is 11.3 Å². The molecule has 0 aromatic carbocycles. The van der Waals surface area contributed by atoms with Crippen LogP contribution in [0.25, 0.3) is 0 Å². The smallest absolute Gasteiger partial charge is 0.0448 e. The predicted octanol–water partition coefficient (Wildman–Crippen LogP) is 3.59. The first kappa shape index (κ1) is 15.2. The molecule has 1 aromatic rings. The van der Waals surface area contributed by atoms with Gasteiger partial charge in [-0.3, -0.25) is 4.98 Å². The Bertz CT molecular complexity index is 366. The normalized spacial score (nSPS) is 15.4. The number of pyridine rings is 1. The van der Waals surface area contributed by atoms with Crippen molar-refractivity contribution in [1.82, 2.24) is 10.3 Å². The molecule has 2 unspecified atom stereocenters. The van der Waals surface area contributed by atoms with E-state index in [0.717, 1.165) is 6.42 Å². The number of hydrogen-bond acceptors (Lipinski definition) is 2. The lowest BCUT2D eigenvalue weighted by Gasteiger charge is -2.30. The molecule has 0 aliphatic carbocycles. The third-order valence-electron chi connectivity index (χ3n) is 4.08. The zero-order valence-corrected chi connectivity index (χ0v) is 12.7. The van der Waals surface area contributed by atoms with E-state index in [1.165, 1.54) is 17.7 Å². The van der Waals surface area contributed by atoms with Crippen LogP contribution >= 0.6 is 0 Å².